The molecule has 7 heteroatoms. The Morgan fingerprint density at radius 2 is 2.07 bits per heavy atom. The zero-order valence-electron chi connectivity index (χ0n) is 17.5. The Morgan fingerprint density at radius 1 is 1.20 bits per heavy atom. The molecule has 7 nitrogen and oxygen atoms in total. The number of nitrogens with one attached hydrogen (secondary N) is 1. The quantitative estimate of drug-likeness (QED) is 0.675. The van der Waals surface area contributed by atoms with Crippen LogP contribution in [0.5, 0.6) is 11.5 Å². The monoisotopic (exact) mass is 406 g/mol. The van der Waals surface area contributed by atoms with E-state index in [2.05, 4.69) is 15.2 Å². The Bertz CT molecular complexity index is 1050. The lowest BCUT2D eigenvalue weighted by atomic mass is 9.98. The molecule has 0 bridgehead atoms. The maximum atomic E-state index is 13.3. The van der Waals surface area contributed by atoms with E-state index < -0.39 is 0 Å². The summed E-state index contributed by atoms with van der Waals surface area (Å²) in [7, 11) is 3.23. The van der Waals surface area contributed by atoms with E-state index in [-0.39, 0.29) is 18.4 Å². The van der Waals surface area contributed by atoms with Gasteiger partial charge in [-0.1, -0.05) is 0 Å². The molecule has 4 rings (SSSR count). The van der Waals surface area contributed by atoms with E-state index in [1.807, 2.05) is 48.5 Å². The molecule has 1 N–H and O–H groups in total. The summed E-state index contributed by atoms with van der Waals surface area (Å²) in [5, 5.41) is 7.45. The van der Waals surface area contributed by atoms with E-state index in [1.165, 1.54) is 0 Å². The molecule has 0 radical (unpaired) electrons. The van der Waals surface area contributed by atoms with Crippen LogP contribution in [0.1, 0.15) is 35.7 Å². The van der Waals surface area contributed by atoms with Gasteiger partial charge in [0.15, 0.2) is 0 Å². The summed E-state index contributed by atoms with van der Waals surface area (Å²) in [6, 6.07) is 7.50. The van der Waals surface area contributed by atoms with Crippen molar-refractivity contribution in [2.75, 3.05) is 20.8 Å². The van der Waals surface area contributed by atoms with Gasteiger partial charge in [-0.2, -0.15) is 5.10 Å². The minimum Gasteiger partial charge on any atom is -0.497 e. The lowest BCUT2D eigenvalue weighted by molar-refractivity contribution is -0.131. The van der Waals surface area contributed by atoms with Crippen LogP contribution < -0.4 is 9.47 Å². The normalized spacial score (nSPS) is 16.0. The average Bonchev–Trinajstić information content (AvgIpc) is 3.43. The fourth-order valence-corrected chi connectivity index (χ4v) is 4.19. The van der Waals surface area contributed by atoms with Gasteiger partial charge in [-0.15, -0.1) is 0 Å². The number of H-pyrrole nitrogens is 1. The van der Waals surface area contributed by atoms with Crippen LogP contribution >= 0.6 is 0 Å². The van der Waals surface area contributed by atoms with Crippen LogP contribution in [0.25, 0.3) is 11.1 Å². The fourth-order valence-electron chi connectivity index (χ4n) is 4.19. The molecule has 2 aromatic heterocycles. The zero-order chi connectivity index (χ0) is 21.1. The molecular weight excluding hydrogens is 380 g/mol. The second-order valence-corrected chi connectivity index (χ2v) is 7.49. The van der Waals surface area contributed by atoms with Gasteiger partial charge in [0.2, 0.25) is 5.91 Å². The van der Waals surface area contributed by atoms with Crippen molar-refractivity contribution in [1.29, 1.82) is 0 Å². The van der Waals surface area contributed by atoms with Crippen molar-refractivity contribution < 1.29 is 14.3 Å². The molecular formula is C23H26N4O3. The maximum Gasteiger partial charge on any atom is 0.227 e. The second kappa shape index (κ2) is 8.57. The summed E-state index contributed by atoms with van der Waals surface area (Å²) >= 11 is 0. The molecule has 1 fully saturated rings. The number of ether oxygens (including phenoxy) is 2. The molecule has 1 amide bonds. The van der Waals surface area contributed by atoms with Gasteiger partial charge in [0.25, 0.3) is 0 Å². The first-order valence-corrected chi connectivity index (χ1v) is 10.1. The molecule has 156 valence electrons. The molecule has 0 spiro atoms. The summed E-state index contributed by atoms with van der Waals surface area (Å²) in [6.07, 6.45) is 7.59. The molecule has 0 saturated carbocycles. The summed E-state index contributed by atoms with van der Waals surface area (Å²) < 4.78 is 10.8. The Labute approximate surface area is 176 Å². The minimum atomic E-state index is -0.0285. The molecule has 1 aromatic carbocycles. The SMILES string of the molecule is COc1ccc(OC)c(CC(=O)N2CCC[C@@H]2c2[nH]ncc2-c2ccncc2C)c1. The van der Waals surface area contributed by atoms with E-state index in [0.717, 1.165) is 47.3 Å². The highest BCUT2D eigenvalue weighted by molar-refractivity contribution is 5.81. The van der Waals surface area contributed by atoms with Crippen LogP contribution in [0.2, 0.25) is 0 Å². The van der Waals surface area contributed by atoms with Crippen LogP contribution in [0.3, 0.4) is 0 Å². The van der Waals surface area contributed by atoms with Crippen LogP contribution in [0.15, 0.2) is 42.9 Å². The van der Waals surface area contributed by atoms with Crippen molar-refractivity contribution in [3.05, 3.63) is 59.7 Å². The number of hydrogen-bond acceptors (Lipinski definition) is 5. The predicted octanol–water partition coefficient (Wildman–Crippen LogP) is 3.70. The average molecular weight is 406 g/mol. The van der Waals surface area contributed by atoms with Crippen molar-refractivity contribution in [3.8, 4) is 22.6 Å². The number of methoxy groups -OCH3 is 2. The third-order valence-electron chi connectivity index (χ3n) is 5.71. The molecule has 1 atom stereocenters. The van der Waals surface area contributed by atoms with Crippen molar-refractivity contribution in [1.82, 2.24) is 20.1 Å². The number of aromatic amines is 1. The van der Waals surface area contributed by atoms with E-state index in [1.54, 1.807) is 20.4 Å². The molecule has 3 aromatic rings. The number of carbonyl (C=O) groups is 1. The van der Waals surface area contributed by atoms with Gasteiger partial charge in [0.05, 0.1) is 38.6 Å². The van der Waals surface area contributed by atoms with E-state index in [9.17, 15) is 4.79 Å². The van der Waals surface area contributed by atoms with E-state index in [0.29, 0.717) is 11.5 Å². The number of amides is 1. The highest BCUT2D eigenvalue weighted by atomic mass is 16.5. The van der Waals surface area contributed by atoms with Crippen molar-refractivity contribution in [3.63, 3.8) is 0 Å². The number of aryl methyl sites for hydroxylation is 1. The first kappa shape index (κ1) is 19.9. The van der Waals surface area contributed by atoms with Crippen molar-refractivity contribution in [2.24, 2.45) is 0 Å². The van der Waals surface area contributed by atoms with Gasteiger partial charge >= 0.3 is 0 Å². The fraction of sp³-hybridized carbons (Fsp3) is 0.348. The first-order valence-electron chi connectivity index (χ1n) is 10.1. The van der Waals surface area contributed by atoms with E-state index >= 15 is 0 Å². The third kappa shape index (κ3) is 3.75. The lowest BCUT2D eigenvalue weighted by Gasteiger charge is -2.25. The van der Waals surface area contributed by atoms with Gasteiger partial charge in [-0.25, -0.2) is 0 Å². The van der Waals surface area contributed by atoms with Crippen molar-refractivity contribution >= 4 is 5.91 Å². The van der Waals surface area contributed by atoms with Crippen LogP contribution in [-0.2, 0) is 11.2 Å². The Morgan fingerprint density at radius 3 is 2.83 bits per heavy atom. The standard InChI is InChI=1S/C23H26N4O3/c1-15-13-24-9-8-18(15)19-14-25-26-23(19)20-5-4-10-27(20)22(28)12-16-11-17(29-2)6-7-21(16)30-3/h6-9,11,13-14,20H,4-5,10,12H2,1-3H3,(H,25,26)/t20-/m1/s1. The third-order valence-corrected chi connectivity index (χ3v) is 5.71. The number of carbonyl (C=O) groups excluding carboxylic acids is 1. The Kier molecular flexibility index (Phi) is 5.70. The van der Waals surface area contributed by atoms with Crippen LogP contribution in [0, 0.1) is 6.92 Å². The van der Waals surface area contributed by atoms with Crippen LogP contribution in [-0.4, -0.2) is 46.8 Å². The molecule has 30 heavy (non-hydrogen) atoms. The maximum absolute atomic E-state index is 13.3. The molecule has 1 aliphatic rings. The second-order valence-electron chi connectivity index (χ2n) is 7.49. The van der Waals surface area contributed by atoms with Gasteiger partial charge in [-0.05, 0) is 55.2 Å². The summed E-state index contributed by atoms with van der Waals surface area (Å²) in [6.45, 7) is 2.76. The van der Waals surface area contributed by atoms with E-state index in [4.69, 9.17) is 9.47 Å². The Hall–Kier alpha value is -3.35. The smallest absolute Gasteiger partial charge is 0.227 e. The largest absolute Gasteiger partial charge is 0.497 e. The molecule has 0 unspecified atom stereocenters. The number of nitrogens with zero attached hydrogens (tertiary/aromatic N) is 3. The number of pyridine rings is 1. The molecule has 1 saturated heterocycles. The number of aromatic nitrogens is 3. The van der Waals surface area contributed by atoms with Gasteiger partial charge in [0, 0.05) is 30.1 Å². The van der Waals surface area contributed by atoms with Crippen molar-refractivity contribution in [2.45, 2.75) is 32.2 Å². The predicted molar refractivity (Wildman–Crippen MR) is 113 cm³/mol. The van der Waals surface area contributed by atoms with Crippen LogP contribution in [0.4, 0.5) is 0 Å². The molecule has 3 heterocycles. The summed E-state index contributed by atoms with van der Waals surface area (Å²) in [4.78, 5) is 19.4. The zero-order valence-corrected chi connectivity index (χ0v) is 17.5. The number of benzene rings is 1. The summed E-state index contributed by atoms with van der Waals surface area (Å²) in [5.41, 5.74) is 4.99. The first-order chi connectivity index (χ1) is 14.6. The highest BCUT2D eigenvalue weighted by Gasteiger charge is 2.33. The summed E-state index contributed by atoms with van der Waals surface area (Å²) in [5.74, 6) is 1.46. The number of likely N-dealkylation sites (tertiary alicyclic amines) is 1. The minimum absolute atomic E-state index is 0.0285. The number of rotatable bonds is 6. The Balaban J connectivity index is 1.61. The topological polar surface area (TPSA) is 80.3 Å². The molecule has 0 aliphatic carbocycles. The van der Waals surface area contributed by atoms with Gasteiger partial charge in [0.1, 0.15) is 11.5 Å². The van der Waals surface area contributed by atoms with Gasteiger partial charge < -0.3 is 14.4 Å². The van der Waals surface area contributed by atoms with Gasteiger partial charge in [-0.3, -0.25) is 14.9 Å². The molecule has 1 aliphatic heterocycles. The highest BCUT2D eigenvalue weighted by Crippen LogP contribution is 2.38. The number of hydrogen-bond donors (Lipinski definition) is 1. The lowest BCUT2D eigenvalue weighted by Crippen LogP contribution is -2.32.